The summed E-state index contributed by atoms with van der Waals surface area (Å²) in [5.74, 6) is 0.696. The highest BCUT2D eigenvalue weighted by atomic mass is 16.5. The van der Waals surface area contributed by atoms with Gasteiger partial charge in [-0.15, -0.1) is 5.10 Å². The molecule has 3 rings (SSSR count). The van der Waals surface area contributed by atoms with Crippen LogP contribution in [0.4, 0.5) is 5.82 Å². The Hall–Kier alpha value is -1.71. The van der Waals surface area contributed by atoms with Gasteiger partial charge in [-0.2, -0.15) is 10.4 Å². The summed E-state index contributed by atoms with van der Waals surface area (Å²) >= 11 is 0. The molecule has 106 valence electrons. The van der Waals surface area contributed by atoms with Crippen molar-refractivity contribution in [3.63, 3.8) is 0 Å². The fourth-order valence-electron chi connectivity index (χ4n) is 2.98. The molecule has 0 spiro atoms. The maximum absolute atomic E-state index is 9.41. The molecular formula is C14H19N5O. The summed E-state index contributed by atoms with van der Waals surface area (Å²) in [5.41, 5.74) is 2.37. The molecule has 2 atom stereocenters. The van der Waals surface area contributed by atoms with Crippen molar-refractivity contribution in [3.8, 4) is 6.07 Å². The summed E-state index contributed by atoms with van der Waals surface area (Å²) in [5, 5.41) is 17.8. The van der Waals surface area contributed by atoms with Gasteiger partial charge in [-0.25, -0.2) is 0 Å². The van der Waals surface area contributed by atoms with Gasteiger partial charge in [-0.1, -0.05) is 0 Å². The summed E-state index contributed by atoms with van der Waals surface area (Å²) in [7, 11) is 2.13. The number of fused-ring (bicyclic) bond motifs is 1. The Morgan fingerprint density at radius 1 is 1.30 bits per heavy atom. The van der Waals surface area contributed by atoms with E-state index in [1.807, 2.05) is 13.8 Å². The quantitative estimate of drug-likeness (QED) is 0.741. The second-order valence-corrected chi connectivity index (χ2v) is 5.58. The van der Waals surface area contributed by atoms with E-state index in [1.54, 1.807) is 0 Å². The molecule has 20 heavy (non-hydrogen) atoms. The van der Waals surface area contributed by atoms with Crippen LogP contribution in [-0.2, 0) is 4.74 Å². The minimum Gasteiger partial charge on any atom is -0.373 e. The monoisotopic (exact) mass is 273 g/mol. The molecular weight excluding hydrogens is 254 g/mol. The van der Waals surface area contributed by atoms with Crippen LogP contribution in [0.25, 0.3) is 0 Å². The molecule has 1 aromatic rings. The molecule has 0 amide bonds. The van der Waals surface area contributed by atoms with E-state index in [2.05, 4.69) is 33.1 Å². The molecule has 0 aromatic carbocycles. The number of hydrogen-bond donors (Lipinski definition) is 0. The number of rotatable bonds is 1. The maximum atomic E-state index is 9.41. The number of hydrogen-bond acceptors (Lipinski definition) is 6. The number of aromatic nitrogens is 2. The highest BCUT2D eigenvalue weighted by molar-refractivity contribution is 5.58. The van der Waals surface area contributed by atoms with E-state index in [9.17, 15) is 5.26 Å². The van der Waals surface area contributed by atoms with E-state index in [-0.39, 0.29) is 6.10 Å². The largest absolute Gasteiger partial charge is 0.373 e. The van der Waals surface area contributed by atoms with Crippen LogP contribution in [-0.4, -0.2) is 60.5 Å². The lowest BCUT2D eigenvalue weighted by Gasteiger charge is -2.33. The molecule has 0 saturated carbocycles. The number of likely N-dealkylation sites (N-methyl/N-ethyl adjacent to an activating group) is 1. The standard InChI is InChI=1S/C14H19N5O/c1-9-10(2)16-17-14(11(9)6-15)19-7-12-13(8-19)20-5-4-18(12)3/h12-13H,4-5,7-8H2,1-3H3. The van der Waals surface area contributed by atoms with Crippen molar-refractivity contribution in [2.24, 2.45) is 0 Å². The van der Waals surface area contributed by atoms with Crippen molar-refractivity contribution in [1.29, 1.82) is 5.26 Å². The van der Waals surface area contributed by atoms with Crippen molar-refractivity contribution in [3.05, 3.63) is 16.8 Å². The number of ether oxygens (including phenoxy) is 1. The summed E-state index contributed by atoms with van der Waals surface area (Å²) in [6.45, 7) is 7.16. The third-order valence-electron chi connectivity index (χ3n) is 4.43. The Kier molecular flexibility index (Phi) is 3.32. The average molecular weight is 273 g/mol. The smallest absolute Gasteiger partial charge is 0.169 e. The Labute approximate surface area is 119 Å². The normalized spacial score (nSPS) is 26.4. The summed E-state index contributed by atoms with van der Waals surface area (Å²) in [6, 6.07) is 2.65. The van der Waals surface area contributed by atoms with Crippen molar-refractivity contribution >= 4 is 5.82 Å². The van der Waals surface area contributed by atoms with Crippen LogP contribution < -0.4 is 4.90 Å². The zero-order valence-corrected chi connectivity index (χ0v) is 12.1. The highest BCUT2D eigenvalue weighted by Gasteiger charge is 2.40. The Balaban J connectivity index is 1.92. The first kappa shape index (κ1) is 13.3. The van der Waals surface area contributed by atoms with E-state index in [0.29, 0.717) is 17.4 Å². The number of nitrogens with zero attached hydrogens (tertiary/aromatic N) is 5. The molecule has 2 saturated heterocycles. The van der Waals surface area contributed by atoms with Crippen LogP contribution in [0.15, 0.2) is 0 Å². The predicted molar refractivity (Wildman–Crippen MR) is 74.6 cm³/mol. The molecule has 2 fully saturated rings. The first-order chi connectivity index (χ1) is 9.61. The van der Waals surface area contributed by atoms with Gasteiger partial charge in [0.15, 0.2) is 5.82 Å². The van der Waals surface area contributed by atoms with Crippen LogP contribution in [0.2, 0.25) is 0 Å². The van der Waals surface area contributed by atoms with E-state index in [1.165, 1.54) is 0 Å². The fourth-order valence-corrected chi connectivity index (χ4v) is 2.98. The van der Waals surface area contributed by atoms with E-state index < -0.39 is 0 Å². The van der Waals surface area contributed by atoms with E-state index in [0.717, 1.165) is 37.5 Å². The molecule has 6 heteroatoms. The lowest BCUT2D eigenvalue weighted by atomic mass is 10.1. The minimum absolute atomic E-state index is 0.198. The zero-order chi connectivity index (χ0) is 14.3. The number of morpholine rings is 1. The van der Waals surface area contributed by atoms with Crippen molar-refractivity contribution in [1.82, 2.24) is 15.1 Å². The fraction of sp³-hybridized carbons (Fsp3) is 0.643. The predicted octanol–water partition coefficient (Wildman–Crippen LogP) is 0.484. The minimum atomic E-state index is 0.198. The molecule has 2 aliphatic heterocycles. The van der Waals surface area contributed by atoms with Crippen LogP contribution in [0.5, 0.6) is 0 Å². The van der Waals surface area contributed by atoms with Gasteiger partial charge in [0, 0.05) is 19.6 Å². The van der Waals surface area contributed by atoms with Gasteiger partial charge in [0.1, 0.15) is 11.6 Å². The Morgan fingerprint density at radius 2 is 2.10 bits per heavy atom. The van der Waals surface area contributed by atoms with Gasteiger partial charge in [0.2, 0.25) is 0 Å². The van der Waals surface area contributed by atoms with E-state index >= 15 is 0 Å². The maximum Gasteiger partial charge on any atom is 0.169 e. The SMILES string of the molecule is Cc1nnc(N2CC3OCCN(C)C3C2)c(C#N)c1C. The van der Waals surface area contributed by atoms with Gasteiger partial charge in [-0.3, -0.25) is 4.90 Å². The molecule has 0 aliphatic carbocycles. The van der Waals surface area contributed by atoms with Crippen LogP contribution >= 0.6 is 0 Å². The number of aryl methyl sites for hydroxylation is 1. The summed E-state index contributed by atoms with van der Waals surface area (Å²) < 4.78 is 5.84. The Morgan fingerprint density at radius 3 is 2.80 bits per heavy atom. The van der Waals surface area contributed by atoms with Crippen molar-refractivity contribution < 1.29 is 4.74 Å². The number of anilines is 1. The molecule has 3 heterocycles. The van der Waals surface area contributed by atoms with Gasteiger partial charge in [0.05, 0.1) is 24.4 Å². The molecule has 2 aliphatic rings. The molecule has 0 radical (unpaired) electrons. The molecule has 1 aromatic heterocycles. The Bertz CT molecular complexity index is 567. The summed E-state index contributed by atoms with van der Waals surface area (Å²) in [4.78, 5) is 4.46. The number of nitriles is 1. The molecule has 6 nitrogen and oxygen atoms in total. The van der Waals surface area contributed by atoms with Crippen LogP contribution in [0.3, 0.4) is 0 Å². The first-order valence-corrected chi connectivity index (χ1v) is 6.92. The van der Waals surface area contributed by atoms with E-state index in [4.69, 9.17) is 4.74 Å². The third kappa shape index (κ3) is 2.03. The molecule has 2 unspecified atom stereocenters. The third-order valence-corrected chi connectivity index (χ3v) is 4.43. The van der Waals surface area contributed by atoms with Gasteiger partial charge in [0.25, 0.3) is 0 Å². The second-order valence-electron chi connectivity index (χ2n) is 5.58. The average Bonchev–Trinajstić information content (AvgIpc) is 2.87. The second kappa shape index (κ2) is 5.00. The first-order valence-electron chi connectivity index (χ1n) is 6.92. The lowest BCUT2D eigenvalue weighted by molar-refractivity contribution is -0.0362. The highest BCUT2D eigenvalue weighted by Crippen LogP contribution is 2.28. The molecule has 0 bridgehead atoms. The van der Waals surface area contributed by atoms with Gasteiger partial charge >= 0.3 is 0 Å². The lowest BCUT2D eigenvalue weighted by Crippen LogP contribution is -2.48. The summed E-state index contributed by atoms with van der Waals surface area (Å²) in [6.07, 6.45) is 0.198. The van der Waals surface area contributed by atoms with Crippen LogP contribution in [0.1, 0.15) is 16.8 Å². The van der Waals surface area contributed by atoms with Crippen molar-refractivity contribution in [2.75, 3.05) is 38.2 Å². The topological polar surface area (TPSA) is 65.3 Å². The van der Waals surface area contributed by atoms with Crippen molar-refractivity contribution in [2.45, 2.75) is 26.0 Å². The molecule has 0 N–H and O–H groups in total. The van der Waals surface area contributed by atoms with Gasteiger partial charge in [-0.05, 0) is 26.5 Å². The zero-order valence-electron chi connectivity index (χ0n) is 12.1. The van der Waals surface area contributed by atoms with Gasteiger partial charge < -0.3 is 9.64 Å². The van der Waals surface area contributed by atoms with Crippen LogP contribution in [0, 0.1) is 25.2 Å².